The van der Waals surface area contributed by atoms with Gasteiger partial charge in [-0.2, -0.15) is 4.31 Å². The highest BCUT2D eigenvalue weighted by Gasteiger charge is 2.27. The lowest BCUT2D eigenvalue weighted by molar-refractivity contribution is -0.137. The first kappa shape index (κ1) is 18.4. The maximum atomic E-state index is 12.4. The van der Waals surface area contributed by atoms with E-state index in [9.17, 15) is 18.0 Å². The van der Waals surface area contributed by atoms with Crippen LogP contribution in [0.5, 0.6) is 0 Å². The van der Waals surface area contributed by atoms with Gasteiger partial charge in [-0.3, -0.25) is 4.79 Å². The van der Waals surface area contributed by atoms with Gasteiger partial charge >= 0.3 is 5.97 Å². The van der Waals surface area contributed by atoms with Crippen LogP contribution in [0.2, 0.25) is 0 Å². The van der Waals surface area contributed by atoms with Gasteiger partial charge in [0.1, 0.15) is 0 Å². The minimum Gasteiger partial charge on any atom is -0.449 e. The van der Waals surface area contributed by atoms with Gasteiger partial charge in [-0.05, 0) is 44.0 Å². The molecule has 0 saturated carbocycles. The number of esters is 1. The molecular formula is C16H22N2O5S. The Morgan fingerprint density at radius 3 is 2.17 bits per heavy atom. The van der Waals surface area contributed by atoms with Gasteiger partial charge in [0, 0.05) is 27.2 Å². The molecule has 0 bridgehead atoms. The molecule has 2 rings (SSSR count). The predicted molar refractivity (Wildman–Crippen MR) is 88.0 cm³/mol. The first-order chi connectivity index (χ1) is 11.2. The summed E-state index contributed by atoms with van der Waals surface area (Å²) < 4.78 is 31.4. The first-order valence-corrected chi connectivity index (χ1v) is 9.20. The molecule has 1 fully saturated rings. The Kier molecular flexibility index (Phi) is 5.61. The van der Waals surface area contributed by atoms with Crippen LogP contribution in [-0.4, -0.2) is 62.8 Å². The molecule has 0 radical (unpaired) electrons. The zero-order valence-corrected chi connectivity index (χ0v) is 14.9. The number of nitrogens with zero attached hydrogens (tertiary/aromatic N) is 2. The largest absolute Gasteiger partial charge is 0.449 e. The van der Waals surface area contributed by atoms with Crippen molar-refractivity contribution in [1.82, 2.24) is 9.21 Å². The van der Waals surface area contributed by atoms with Gasteiger partial charge in [0.2, 0.25) is 10.0 Å². The molecule has 7 nitrogen and oxygen atoms in total. The molecule has 1 aromatic rings. The second-order valence-electron chi connectivity index (χ2n) is 5.92. The van der Waals surface area contributed by atoms with Crippen LogP contribution >= 0.6 is 0 Å². The van der Waals surface area contributed by atoms with Crippen molar-refractivity contribution in [3.05, 3.63) is 29.8 Å². The highest BCUT2D eigenvalue weighted by molar-refractivity contribution is 7.89. The monoisotopic (exact) mass is 354 g/mol. The molecule has 1 aromatic carbocycles. The number of hydrogen-bond donors (Lipinski definition) is 0. The topological polar surface area (TPSA) is 84.0 Å². The van der Waals surface area contributed by atoms with E-state index in [1.54, 1.807) is 14.1 Å². The fraction of sp³-hybridized carbons (Fsp3) is 0.500. The average molecular weight is 354 g/mol. The Balaban J connectivity index is 2.09. The van der Waals surface area contributed by atoms with Crippen molar-refractivity contribution in [2.24, 2.45) is 0 Å². The number of carbonyl (C=O) groups excluding carboxylic acids is 2. The first-order valence-electron chi connectivity index (χ1n) is 7.76. The summed E-state index contributed by atoms with van der Waals surface area (Å²) in [6.07, 6.45) is 0.823. The van der Waals surface area contributed by atoms with E-state index in [2.05, 4.69) is 0 Å². The summed E-state index contributed by atoms with van der Waals surface area (Å²) in [5.41, 5.74) is 0.203. The highest BCUT2D eigenvalue weighted by atomic mass is 32.2. The number of ether oxygens (including phenoxy) is 1. The Hall–Kier alpha value is -1.93. The van der Waals surface area contributed by atoms with Gasteiger partial charge in [-0.25, -0.2) is 13.2 Å². The molecule has 0 spiro atoms. The summed E-state index contributed by atoms with van der Waals surface area (Å²) in [5.74, 6) is -0.987. The number of hydrogen-bond acceptors (Lipinski definition) is 5. The Labute approximate surface area is 142 Å². The molecule has 0 aliphatic carbocycles. The van der Waals surface area contributed by atoms with Crippen LogP contribution in [0.4, 0.5) is 0 Å². The summed E-state index contributed by atoms with van der Waals surface area (Å²) in [6, 6.07) is 5.58. The van der Waals surface area contributed by atoms with Gasteiger partial charge in [0.25, 0.3) is 5.91 Å². The third-order valence-corrected chi connectivity index (χ3v) is 5.78. The number of sulfonamides is 1. The molecule has 1 atom stereocenters. The van der Waals surface area contributed by atoms with E-state index in [1.165, 1.54) is 40.4 Å². The smallest absolute Gasteiger partial charge is 0.338 e. The summed E-state index contributed by atoms with van der Waals surface area (Å²) in [4.78, 5) is 25.2. The minimum absolute atomic E-state index is 0.151. The Morgan fingerprint density at radius 2 is 1.67 bits per heavy atom. The molecule has 0 aromatic heterocycles. The normalized spacial score (nSPS) is 16.6. The highest BCUT2D eigenvalue weighted by Crippen LogP contribution is 2.21. The second-order valence-corrected chi connectivity index (χ2v) is 7.85. The minimum atomic E-state index is -3.51. The van der Waals surface area contributed by atoms with Gasteiger partial charge in [0.15, 0.2) is 6.10 Å². The quantitative estimate of drug-likeness (QED) is 0.740. The third-order valence-electron chi connectivity index (χ3n) is 3.87. The van der Waals surface area contributed by atoms with Crippen LogP contribution in [-0.2, 0) is 19.6 Å². The lowest BCUT2D eigenvalue weighted by atomic mass is 10.2. The molecule has 1 amide bonds. The van der Waals surface area contributed by atoms with Crippen LogP contribution in [0.1, 0.15) is 30.1 Å². The fourth-order valence-electron chi connectivity index (χ4n) is 2.48. The number of amides is 1. The molecule has 8 heteroatoms. The van der Waals surface area contributed by atoms with Crippen LogP contribution < -0.4 is 0 Å². The van der Waals surface area contributed by atoms with Crippen molar-refractivity contribution >= 4 is 21.9 Å². The summed E-state index contributed by atoms with van der Waals surface area (Å²) in [6.45, 7) is 2.54. The molecular weight excluding hydrogens is 332 g/mol. The van der Waals surface area contributed by atoms with E-state index in [0.717, 1.165) is 12.8 Å². The van der Waals surface area contributed by atoms with Crippen molar-refractivity contribution < 1.29 is 22.7 Å². The summed E-state index contributed by atoms with van der Waals surface area (Å²) in [5, 5.41) is 0. The predicted octanol–water partition coefficient (Wildman–Crippen LogP) is 1.10. The Bertz CT molecular complexity index is 706. The lowest BCUT2D eigenvalue weighted by Crippen LogP contribution is -2.34. The average Bonchev–Trinajstić information content (AvgIpc) is 3.09. The SMILES string of the molecule is C[C@H](OC(=O)c1ccc(S(=O)(=O)N2CCCC2)cc1)C(=O)N(C)C. The zero-order valence-electron chi connectivity index (χ0n) is 14.1. The maximum absolute atomic E-state index is 12.4. The van der Waals surface area contributed by atoms with Gasteiger partial charge in [-0.1, -0.05) is 0 Å². The van der Waals surface area contributed by atoms with E-state index in [4.69, 9.17) is 4.74 Å². The van der Waals surface area contributed by atoms with Crippen molar-refractivity contribution in [1.29, 1.82) is 0 Å². The lowest BCUT2D eigenvalue weighted by Gasteiger charge is -2.17. The number of rotatable bonds is 5. The Morgan fingerprint density at radius 1 is 1.12 bits per heavy atom. The summed E-state index contributed by atoms with van der Waals surface area (Å²) >= 11 is 0. The number of likely N-dealkylation sites (N-methyl/N-ethyl adjacent to an activating group) is 1. The molecule has 1 aliphatic rings. The van der Waals surface area contributed by atoms with E-state index in [1.807, 2.05) is 0 Å². The second kappa shape index (κ2) is 7.31. The standard InChI is InChI=1S/C16H22N2O5S/c1-12(15(19)17(2)3)23-16(20)13-6-8-14(9-7-13)24(21,22)18-10-4-5-11-18/h6-9,12H,4-5,10-11H2,1-3H3/t12-/m0/s1. The van der Waals surface area contributed by atoms with Crippen molar-refractivity contribution in [3.63, 3.8) is 0 Å². The maximum Gasteiger partial charge on any atom is 0.338 e. The summed E-state index contributed by atoms with van der Waals surface area (Å²) in [7, 11) is -0.360. The van der Waals surface area contributed by atoms with Gasteiger partial charge in [0.05, 0.1) is 10.5 Å². The molecule has 24 heavy (non-hydrogen) atoms. The fourth-order valence-corrected chi connectivity index (χ4v) is 4.00. The molecule has 0 unspecified atom stereocenters. The third kappa shape index (κ3) is 3.93. The van der Waals surface area contributed by atoms with E-state index in [0.29, 0.717) is 13.1 Å². The zero-order chi connectivity index (χ0) is 17.9. The molecule has 1 aliphatic heterocycles. The van der Waals surface area contributed by atoms with Crippen molar-refractivity contribution in [3.8, 4) is 0 Å². The number of benzene rings is 1. The van der Waals surface area contributed by atoms with Crippen LogP contribution in [0.3, 0.4) is 0 Å². The van der Waals surface area contributed by atoms with Crippen LogP contribution in [0.15, 0.2) is 29.2 Å². The van der Waals surface area contributed by atoms with E-state index in [-0.39, 0.29) is 16.4 Å². The molecule has 0 N–H and O–H groups in total. The molecule has 132 valence electrons. The van der Waals surface area contributed by atoms with Gasteiger partial charge < -0.3 is 9.64 Å². The molecule has 1 heterocycles. The van der Waals surface area contributed by atoms with Crippen molar-refractivity contribution in [2.75, 3.05) is 27.2 Å². The van der Waals surface area contributed by atoms with Crippen LogP contribution in [0, 0.1) is 0 Å². The van der Waals surface area contributed by atoms with E-state index >= 15 is 0 Å². The van der Waals surface area contributed by atoms with Gasteiger partial charge in [-0.15, -0.1) is 0 Å². The van der Waals surface area contributed by atoms with E-state index < -0.39 is 22.1 Å². The van der Waals surface area contributed by atoms with Crippen molar-refractivity contribution in [2.45, 2.75) is 30.8 Å². The molecule has 1 saturated heterocycles. The van der Waals surface area contributed by atoms with Crippen LogP contribution in [0.25, 0.3) is 0 Å². The number of carbonyl (C=O) groups is 2.